The molecule has 0 unspecified atom stereocenters. The van der Waals surface area contributed by atoms with E-state index in [1.165, 1.54) is 24.3 Å². The molecule has 2 aromatic carbocycles. The largest absolute Gasteiger partial charge is 0.417 e. The van der Waals surface area contributed by atoms with E-state index < -0.39 is 17.3 Å². The highest BCUT2D eigenvalue weighted by atomic mass is 19.1. The summed E-state index contributed by atoms with van der Waals surface area (Å²) in [5.74, 6) is -1.28. The van der Waals surface area contributed by atoms with E-state index >= 15 is 0 Å². The molecule has 0 aliphatic carbocycles. The number of pyridine rings is 1. The maximum Gasteiger partial charge on any atom is 0.344 e. The molecule has 2 heterocycles. The lowest BCUT2D eigenvalue weighted by Crippen LogP contribution is -2.15. The number of fused-ring (bicyclic) bond motifs is 2. The number of nitrogens with zero attached hydrogens (tertiary/aromatic N) is 1. The number of nitrogens with one attached hydrogen (secondary N) is 1. The van der Waals surface area contributed by atoms with Crippen LogP contribution in [0.3, 0.4) is 0 Å². The molecular formula is C19H11FN2O3. The van der Waals surface area contributed by atoms with E-state index in [9.17, 15) is 14.0 Å². The van der Waals surface area contributed by atoms with E-state index in [0.29, 0.717) is 11.1 Å². The van der Waals surface area contributed by atoms with E-state index in [-0.39, 0.29) is 11.1 Å². The molecule has 0 atom stereocenters. The number of amides is 1. The van der Waals surface area contributed by atoms with Gasteiger partial charge >= 0.3 is 5.63 Å². The number of rotatable bonds is 2. The van der Waals surface area contributed by atoms with Crippen molar-refractivity contribution < 1.29 is 13.6 Å². The summed E-state index contributed by atoms with van der Waals surface area (Å²) in [4.78, 5) is 28.7. The normalized spacial score (nSPS) is 10.9. The number of hydrogen-bond acceptors (Lipinski definition) is 4. The van der Waals surface area contributed by atoms with Gasteiger partial charge in [-0.2, -0.15) is 0 Å². The van der Waals surface area contributed by atoms with Crippen molar-refractivity contribution in [2.45, 2.75) is 0 Å². The minimum atomic E-state index is -0.692. The smallest absolute Gasteiger partial charge is 0.344 e. The van der Waals surface area contributed by atoms with Gasteiger partial charge < -0.3 is 9.73 Å². The highest BCUT2D eigenvalue weighted by Gasteiger charge is 2.14. The molecule has 0 saturated carbocycles. The third-order valence-electron chi connectivity index (χ3n) is 3.84. The van der Waals surface area contributed by atoms with Crippen LogP contribution in [-0.2, 0) is 0 Å². The van der Waals surface area contributed by atoms with E-state index in [4.69, 9.17) is 4.42 Å². The van der Waals surface area contributed by atoms with E-state index in [2.05, 4.69) is 10.3 Å². The second kappa shape index (κ2) is 5.83. The average Bonchev–Trinajstić information content (AvgIpc) is 2.61. The van der Waals surface area contributed by atoms with Crippen molar-refractivity contribution in [3.63, 3.8) is 0 Å². The highest BCUT2D eigenvalue weighted by molar-refractivity contribution is 6.08. The van der Waals surface area contributed by atoms with Crippen LogP contribution in [0.2, 0.25) is 0 Å². The molecule has 0 bridgehead atoms. The van der Waals surface area contributed by atoms with Gasteiger partial charge in [0.1, 0.15) is 5.82 Å². The Hall–Kier alpha value is -3.54. The molecule has 0 radical (unpaired) electrons. The first-order valence-electron chi connectivity index (χ1n) is 7.50. The van der Waals surface area contributed by atoms with Crippen LogP contribution in [0.5, 0.6) is 0 Å². The molecular weight excluding hydrogens is 323 g/mol. The summed E-state index contributed by atoms with van der Waals surface area (Å²) >= 11 is 0. The lowest BCUT2D eigenvalue weighted by Gasteiger charge is -2.08. The van der Waals surface area contributed by atoms with Gasteiger partial charge in [0.2, 0.25) is 0 Å². The molecule has 5 nitrogen and oxygen atoms in total. The SMILES string of the molecule is O=C(Nc1ccnc2ccccc12)c1cc2cc(F)ccc2c(=O)o1. The summed E-state index contributed by atoms with van der Waals surface area (Å²) < 4.78 is 18.5. The first kappa shape index (κ1) is 15.0. The zero-order valence-electron chi connectivity index (χ0n) is 12.8. The van der Waals surface area contributed by atoms with Crippen molar-refractivity contribution in [3.05, 3.63) is 82.8 Å². The van der Waals surface area contributed by atoms with Gasteiger partial charge in [-0.3, -0.25) is 9.78 Å². The zero-order chi connectivity index (χ0) is 17.4. The molecule has 0 saturated heterocycles. The number of aromatic nitrogens is 1. The summed E-state index contributed by atoms with van der Waals surface area (Å²) in [5.41, 5.74) is 0.571. The van der Waals surface area contributed by atoms with Gasteiger partial charge in [0, 0.05) is 11.6 Å². The van der Waals surface area contributed by atoms with Gasteiger partial charge in [0.15, 0.2) is 5.76 Å². The Balaban J connectivity index is 1.76. The summed E-state index contributed by atoms with van der Waals surface area (Å²) in [7, 11) is 0. The zero-order valence-corrected chi connectivity index (χ0v) is 12.8. The predicted octanol–water partition coefficient (Wildman–Crippen LogP) is 3.73. The van der Waals surface area contributed by atoms with E-state index in [0.717, 1.165) is 10.9 Å². The first-order chi connectivity index (χ1) is 12.1. The maximum atomic E-state index is 13.4. The predicted molar refractivity (Wildman–Crippen MR) is 92.1 cm³/mol. The van der Waals surface area contributed by atoms with Crippen LogP contribution in [0.25, 0.3) is 21.7 Å². The molecule has 1 N–H and O–H groups in total. The van der Waals surface area contributed by atoms with Crippen molar-refractivity contribution in [3.8, 4) is 0 Å². The maximum absolute atomic E-state index is 13.4. The second-order valence-corrected chi connectivity index (χ2v) is 5.46. The molecule has 0 spiro atoms. The summed E-state index contributed by atoms with van der Waals surface area (Å²) in [6, 6.07) is 14.0. The number of hydrogen-bond donors (Lipinski definition) is 1. The molecule has 0 fully saturated rings. The van der Waals surface area contributed by atoms with Crippen LogP contribution < -0.4 is 10.9 Å². The van der Waals surface area contributed by atoms with E-state index in [1.54, 1.807) is 12.3 Å². The molecule has 6 heteroatoms. The Kier molecular flexibility index (Phi) is 3.50. The molecule has 1 amide bonds. The third kappa shape index (κ3) is 2.74. The summed E-state index contributed by atoms with van der Waals surface area (Å²) in [5, 5.41) is 3.98. The van der Waals surface area contributed by atoms with Crippen molar-refractivity contribution in [2.24, 2.45) is 0 Å². The number of para-hydroxylation sites is 1. The third-order valence-corrected chi connectivity index (χ3v) is 3.84. The number of halogens is 1. The van der Waals surface area contributed by atoms with Crippen molar-refractivity contribution in [2.75, 3.05) is 5.32 Å². The number of carbonyl (C=O) groups is 1. The monoisotopic (exact) mass is 334 g/mol. The molecule has 2 aromatic heterocycles. The Bertz CT molecular complexity index is 1180. The van der Waals surface area contributed by atoms with Crippen molar-refractivity contribution in [1.29, 1.82) is 0 Å². The Labute approximate surface area is 140 Å². The summed E-state index contributed by atoms with van der Waals surface area (Å²) in [6.45, 7) is 0. The van der Waals surface area contributed by atoms with Gasteiger partial charge in [-0.15, -0.1) is 0 Å². The fourth-order valence-corrected chi connectivity index (χ4v) is 2.67. The quantitative estimate of drug-likeness (QED) is 0.606. The lowest BCUT2D eigenvalue weighted by molar-refractivity contribution is 0.0993. The van der Waals surface area contributed by atoms with E-state index in [1.807, 2.05) is 24.3 Å². The standard InChI is InChI=1S/C19H11FN2O3/c20-12-5-6-13-11(9-12)10-17(25-19(13)24)18(23)22-16-7-8-21-15-4-2-1-3-14(15)16/h1-10H,(H,21,22,23). The molecule has 4 aromatic rings. The lowest BCUT2D eigenvalue weighted by atomic mass is 10.1. The molecule has 25 heavy (non-hydrogen) atoms. The average molecular weight is 334 g/mol. The highest BCUT2D eigenvalue weighted by Crippen LogP contribution is 2.22. The Morgan fingerprint density at radius 1 is 1.04 bits per heavy atom. The fraction of sp³-hybridized carbons (Fsp3) is 0. The summed E-state index contributed by atoms with van der Waals surface area (Å²) in [6.07, 6.45) is 1.57. The molecule has 4 rings (SSSR count). The van der Waals surface area contributed by atoms with Gasteiger partial charge in [-0.1, -0.05) is 18.2 Å². The Morgan fingerprint density at radius 3 is 2.76 bits per heavy atom. The van der Waals surface area contributed by atoms with Crippen LogP contribution in [0, 0.1) is 5.82 Å². The first-order valence-corrected chi connectivity index (χ1v) is 7.50. The van der Waals surface area contributed by atoms with Crippen molar-refractivity contribution in [1.82, 2.24) is 4.98 Å². The number of benzene rings is 2. The van der Waals surface area contributed by atoms with Crippen LogP contribution in [-0.4, -0.2) is 10.9 Å². The Morgan fingerprint density at radius 2 is 1.88 bits per heavy atom. The fourth-order valence-electron chi connectivity index (χ4n) is 2.67. The van der Waals surface area contributed by atoms with Gasteiger partial charge in [0.25, 0.3) is 5.91 Å². The molecule has 122 valence electrons. The van der Waals surface area contributed by atoms with Gasteiger partial charge in [-0.25, -0.2) is 9.18 Å². The van der Waals surface area contributed by atoms with Crippen LogP contribution >= 0.6 is 0 Å². The molecule has 0 aliphatic rings. The minimum Gasteiger partial charge on any atom is -0.417 e. The topological polar surface area (TPSA) is 72.2 Å². The van der Waals surface area contributed by atoms with Crippen LogP contribution in [0.4, 0.5) is 10.1 Å². The number of carbonyl (C=O) groups excluding carboxylic acids is 1. The second-order valence-electron chi connectivity index (χ2n) is 5.46. The van der Waals surface area contributed by atoms with Crippen molar-refractivity contribution >= 4 is 33.3 Å². The minimum absolute atomic E-state index is 0.191. The van der Waals surface area contributed by atoms with Gasteiger partial charge in [-0.05, 0) is 41.8 Å². The van der Waals surface area contributed by atoms with Crippen LogP contribution in [0.1, 0.15) is 10.6 Å². The molecule has 0 aliphatic heterocycles. The van der Waals surface area contributed by atoms with Gasteiger partial charge in [0.05, 0.1) is 16.6 Å². The number of anilines is 1. The van der Waals surface area contributed by atoms with Crippen LogP contribution in [0.15, 0.2) is 70.0 Å².